The predicted octanol–water partition coefficient (Wildman–Crippen LogP) is 3.29. The number of amides is 1. The molecule has 0 aromatic heterocycles. The molecule has 1 aromatic carbocycles. The summed E-state index contributed by atoms with van der Waals surface area (Å²) in [6.07, 6.45) is 4.14. The van der Waals surface area contributed by atoms with E-state index in [0.29, 0.717) is 18.9 Å². The first-order valence-electron chi connectivity index (χ1n) is 8.37. The van der Waals surface area contributed by atoms with Crippen molar-refractivity contribution in [3.8, 4) is 5.75 Å². The van der Waals surface area contributed by atoms with E-state index in [1.165, 1.54) is 12.8 Å². The molecule has 2 N–H and O–H groups in total. The average molecular weight is 341 g/mol. The van der Waals surface area contributed by atoms with Crippen molar-refractivity contribution < 1.29 is 9.53 Å². The van der Waals surface area contributed by atoms with Gasteiger partial charge in [-0.2, -0.15) is 0 Å². The van der Waals surface area contributed by atoms with Crippen molar-refractivity contribution in [3.63, 3.8) is 0 Å². The Hall–Kier alpha value is -1.26. The van der Waals surface area contributed by atoms with Gasteiger partial charge in [-0.1, -0.05) is 18.2 Å². The SMILES string of the molecule is CC(C)Oc1ccccc1CNC(=O)CCC1CCNCC1.Cl. The Bertz CT molecular complexity index is 474. The first kappa shape index (κ1) is 19.8. The van der Waals surface area contributed by atoms with Crippen molar-refractivity contribution in [2.45, 2.75) is 52.2 Å². The molecule has 0 aliphatic carbocycles. The van der Waals surface area contributed by atoms with E-state index >= 15 is 0 Å². The molecule has 1 aliphatic rings. The summed E-state index contributed by atoms with van der Waals surface area (Å²) < 4.78 is 5.77. The van der Waals surface area contributed by atoms with E-state index < -0.39 is 0 Å². The minimum atomic E-state index is 0. The number of rotatable bonds is 7. The predicted molar refractivity (Wildman–Crippen MR) is 96.1 cm³/mol. The van der Waals surface area contributed by atoms with Crippen LogP contribution in [0.1, 0.15) is 45.1 Å². The van der Waals surface area contributed by atoms with Crippen molar-refractivity contribution >= 4 is 18.3 Å². The van der Waals surface area contributed by atoms with Crippen LogP contribution in [0.4, 0.5) is 0 Å². The number of piperidine rings is 1. The number of ether oxygens (including phenoxy) is 1. The quantitative estimate of drug-likeness (QED) is 0.800. The zero-order chi connectivity index (χ0) is 15.8. The molecule has 1 fully saturated rings. The highest BCUT2D eigenvalue weighted by atomic mass is 35.5. The highest BCUT2D eigenvalue weighted by Crippen LogP contribution is 2.20. The number of carbonyl (C=O) groups excluding carboxylic acids is 1. The van der Waals surface area contributed by atoms with Gasteiger partial charge in [-0.05, 0) is 58.2 Å². The molecule has 1 amide bonds. The summed E-state index contributed by atoms with van der Waals surface area (Å²) in [6, 6.07) is 7.89. The van der Waals surface area contributed by atoms with Crippen LogP contribution in [0, 0.1) is 5.92 Å². The lowest BCUT2D eigenvalue weighted by Gasteiger charge is -2.22. The minimum Gasteiger partial charge on any atom is -0.491 e. The number of halogens is 1. The molecule has 1 saturated heterocycles. The molecule has 0 radical (unpaired) electrons. The number of para-hydroxylation sites is 1. The molecule has 0 saturated carbocycles. The van der Waals surface area contributed by atoms with Crippen molar-refractivity contribution in [3.05, 3.63) is 29.8 Å². The number of carbonyl (C=O) groups is 1. The van der Waals surface area contributed by atoms with E-state index in [1.54, 1.807) is 0 Å². The van der Waals surface area contributed by atoms with Crippen LogP contribution >= 0.6 is 12.4 Å². The van der Waals surface area contributed by atoms with Gasteiger partial charge in [-0.15, -0.1) is 12.4 Å². The van der Waals surface area contributed by atoms with Crippen LogP contribution < -0.4 is 15.4 Å². The van der Waals surface area contributed by atoms with E-state index in [0.717, 1.165) is 30.8 Å². The molecule has 0 bridgehead atoms. The fourth-order valence-corrected chi connectivity index (χ4v) is 2.81. The van der Waals surface area contributed by atoms with E-state index in [1.807, 2.05) is 38.1 Å². The Balaban J connectivity index is 0.00000264. The molecule has 2 rings (SSSR count). The van der Waals surface area contributed by atoms with Crippen LogP contribution in [0.2, 0.25) is 0 Å². The molecule has 4 nitrogen and oxygen atoms in total. The summed E-state index contributed by atoms with van der Waals surface area (Å²) in [5.41, 5.74) is 1.03. The van der Waals surface area contributed by atoms with E-state index in [-0.39, 0.29) is 24.4 Å². The molecule has 0 spiro atoms. The lowest BCUT2D eigenvalue weighted by atomic mass is 9.93. The van der Waals surface area contributed by atoms with Crippen LogP contribution in [-0.4, -0.2) is 25.1 Å². The second-order valence-corrected chi connectivity index (χ2v) is 6.28. The lowest BCUT2D eigenvalue weighted by molar-refractivity contribution is -0.121. The van der Waals surface area contributed by atoms with Crippen molar-refractivity contribution in [2.75, 3.05) is 13.1 Å². The number of nitrogens with one attached hydrogen (secondary N) is 2. The summed E-state index contributed by atoms with van der Waals surface area (Å²) in [5, 5.41) is 6.37. The van der Waals surface area contributed by atoms with Gasteiger partial charge in [0.05, 0.1) is 6.10 Å². The van der Waals surface area contributed by atoms with Crippen LogP contribution in [0.5, 0.6) is 5.75 Å². The maximum atomic E-state index is 12.0. The number of hydrogen-bond donors (Lipinski definition) is 2. The highest BCUT2D eigenvalue weighted by molar-refractivity contribution is 5.85. The third kappa shape index (κ3) is 7.23. The van der Waals surface area contributed by atoms with Gasteiger partial charge in [-0.25, -0.2) is 0 Å². The number of benzene rings is 1. The summed E-state index contributed by atoms with van der Waals surface area (Å²) in [5.74, 6) is 1.69. The first-order chi connectivity index (χ1) is 10.6. The number of hydrogen-bond acceptors (Lipinski definition) is 3. The second kappa shape index (κ2) is 10.5. The van der Waals surface area contributed by atoms with Crippen LogP contribution in [0.15, 0.2) is 24.3 Å². The van der Waals surface area contributed by atoms with Gasteiger partial charge >= 0.3 is 0 Å². The zero-order valence-electron chi connectivity index (χ0n) is 14.1. The van der Waals surface area contributed by atoms with Gasteiger partial charge in [0.15, 0.2) is 0 Å². The average Bonchev–Trinajstić information content (AvgIpc) is 2.52. The summed E-state index contributed by atoms with van der Waals surface area (Å²) >= 11 is 0. The van der Waals surface area contributed by atoms with Crippen LogP contribution in [0.25, 0.3) is 0 Å². The fourth-order valence-electron chi connectivity index (χ4n) is 2.81. The molecule has 0 atom stereocenters. The van der Waals surface area contributed by atoms with Gasteiger partial charge in [0.25, 0.3) is 0 Å². The fraction of sp³-hybridized carbons (Fsp3) is 0.611. The van der Waals surface area contributed by atoms with Gasteiger partial charge in [0.1, 0.15) is 5.75 Å². The standard InChI is InChI=1S/C18H28N2O2.ClH/c1-14(2)22-17-6-4-3-5-16(17)13-20-18(21)8-7-15-9-11-19-12-10-15;/h3-6,14-15,19H,7-13H2,1-2H3,(H,20,21);1H. The van der Waals surface area contributed by atoms with E-state index in [4.69, 9.17) is 4.74 Å². The molecule has 130 valence electrons. The topological polar surface area (TPSA) is 50.4 Å². The smallest absolute Gasteiger partial charge is 0.220 e. The molecule has 0 unspecified atom stereocenters. The van der Waals surface area contributed by atoms with Gasteiger partial charge in [0, 0.05) is 18.5 Å². The summed E-state index contributed by atoms with van der Waals surface area (Å²) in [4.78, 5) is 12.0. The summed E-state index contributed by atoms with van der Waals surface area (Å²) in [6.45, 7) is 6.73. The molecule has 23 heavy (non-hydrogen) atoms. The highest BCUT2D eigenvalue weighted by Gasteiger charge is 2.14. The van der Waals surface area contributed by atoms with Crippen LogP contribution in [0.3, 0.4) is 0 Å². The third-order valence-corrected chi connectivity index (χ3v) is 4.05. The maximum absolute atomic E-state index is 12.0. The Morgan fingerprint density at radius 3 is 2.70 bits per heavy atom. The Labute approximate surface area is 145 Å². The van der Waals surface area contributed by atoms with Gasteiger partial charge in [-0.3, -0.25) is 4.79 Å². The Kier molecular flexibility index (Phi) is 9.03. The van der Waals surface area contributed by atoms with Crippen molar-refractivity contribution in [1.29, 1.82) is 0 Å². The third-order valence-electron chi connectivity index (χ3n) is 4.05. The van der Waals surface area contributed by atoms with Crippen LogP contribution in [-0.2, 0) is 11.3 Å². The zero-order valence-corrected chi connectivity index (χ0v) is 15.0. The normalized spacial score (nSPS) is 15.1. The molecule has 1 aromatic rings. The lowest BCUT2D eigenvalue weighted by Crippen LogP contribution is -2.29. The van der Waals surface area contributed by atoms with Crippen molar-refractivity contribution in [2.24, 2.45) is 5.92 Å². The van der Waals surface area contributed by atoms with E-state index in [2.05, 4.69) is 10.6 Å². The molecule has 1 heterocycles. The molecular formula is C18H29ClN2O2. The van der Waals surface area contributed by atoms with Gasteiger partial charge < -0.3 is 15.4 Å². The molecule has 5 heteroatoms. The second-order valence-electron chi connectivity index (χ2n) is 6.28. The molecule has 1 aliphatic heterocycles. The Morgan fingerprint density at radius 2 is 2.00 bits per heavy atom. The largest absolute Gasteiger partial charge is 0.491 e. The van der Waals surface area contributed by atoms with E-state index in [9.17, 15) is 4.79 Å². The minimum absolute atomic E-state index is 0. The monoisotopic (exact) mass is 340 g/mol. The first-order valence-corrected chi connectivity index (χ1v) is 8.37. The Morgan fingerprint density at radius 1 is 1.30 bits per heavy atom. The maximum Gasteiger partial charge on any atom is 0.220 e. The van der Waals surface area contributed by atoms with Crippen molar-refractivity contribution in [1.82, 2.24) is 10.6 Å². The van der Waals surface area contributed by atoms with Gasteiger partial charge in [0.2, 0.25) is 5.91 Å². The molecular weight excluding hydrogens is 312 g/mol. The summed E-state index contributed by atoms with van der Waals surface area (Å²) in [7, 11) is 0.